The highest BCUT2D eigenvalue weighted by Crippen LogP contribution is 2.34. The Bertz CT molecular complexity index is 611. The summed E-state index contributed by atoms with van der Waals surface area (Å²) in [6, 6.07) is 7.76. The van der Waals surface area contributed by atoms with E-state index in [0.717, 1.165) is 18.2 Å². The first-order chi connectivity index (χ1) is 9.86. The Hall–Kier alpha value is -2.14. The van der Waals surface area contributed by atoms with Gasteiger partial charge >= 0.3 is 0 Å². The van der Waals surface area contributed by atoms with Gasteiger partial charge < -0.3 is 14.6 Å². The van der Waals surface area contributed by atoms with E-state index in [9.17, 15) is 13.9 Å². The van der Waals surface area contributed by atoms with Gasteiger partial charge in [-0.3, -0.25) is 0 Å². The molecule has 1 atom stereocenters. The molecule has 2 aromatic carbocycles. The fourth-order valence-corrected chi connectivity index (χ4v) is 2.09. The summed E-state index contributed by atoms with van der Waals surface area (Å²) in [7, 11) is 2.96. The summed E-state index contributed by atoms with van der Waals surface area (Å²) < 4.78 is 37.0. The minimum Gasteiger partial charge on any atom is -0.497 e. The van der Waals surface area contributed by atoms with Crippen LogP contribution >= 0.6 is 0 Å². The van der Waals surface area contributed by atoms with Crippen molar-refractivity contribution in [2.24, 2.45) is 0 Å². The summed E-state index contributed by atoms with van der Waals surface area (Å²) >= 11 is 0. The first-order valence-corrected chi connectivity index (χ1v) is 6.29. The summed E-state index contributed by atoms with van der Waals surface area (Å²) in [4.78, 5) is 0. The van der Waals surface area contributed by atoms with Crippen molar-refractivity contribution < 1.29 is 23.4 Å². The zero-order valence-corrected chi connectivity index (χ0v) is 12.0. The predicted octanol–water partition coefficient (Wildman–Crippen LogP) is 3.24. The molecule has 0 bridgehead atoms. The lowest BCUT2D eigenvalue weighted by Gasteiger charge is -2.25. The van der Waals surface area contributed by atoms with E-state index in [-0.39, 0.29) is 5.56 Å². The van der Waals surface area contributed by atoms with Gasteiger partial charge in [-0.2, -0.15) is 0 Å². The molecule has 0 amide bonds. The molecule has 0 fully saturated rings. The lowest BCUT2D eigenvalue weighted by Crippen LogP contribution is -2.23. The van der Waals surface area contributed by atoms with E-state index < -0.39 is 17.2 Å². The predicted molar refractivity (Wildman–Crippen MR) is 74.6 cm³/mol. The van der Waals surface area contributed by atoms with Crippen LogP contribution in [0.1, 0.15) is 18.1 Å². The van der Waals surface area contributed by atoms with Crippen molar-refractivity contribution in [3.63, 3.8) is 0 Å². The Labute approximate surface area is 121 Å². The molecule has 21 heavy (non-hydrogen) atoms. The number of hydrogen-bond donors (Lipinski definition) is 1. The van der Waals surface area contributed by atoms with Gasteiger partial charge in [0.05, 0.1) is 14.2 Å². The van der Waals surface area contributed by atoms with E-state index in [1.165, 1.54) is 21.1 Å². The summed E-state index contributed by atoms with van der Waals surface area (Å²) in [6.07, 6.45) is 0. The molecule has 0 saturated heterocycles. The zero-order chi connectivity index (χ0) is 15.6. The third kappa shape index (κ3) is 3.13. The molecule has 1 unspecified atom stereocenters. The molecule has 112 valence electrons. The molecule has 0 aliphatic heterocycles. The van der Waals surface area contributed by atoms with Crippen LogP contribution in [0, 0.1) is 11.6 Å². The number of rotatable bonds is 4. The highest BCUT2D eigenvalue weighted by atomic mass is 19.1. The van der Waals surface area contributed by atoms with Crippen molar-refractivity contribution in [3.05, 3.63) is 59.2 Å². The molecule has 5 heteroatoms. The third-order valence-corrected chi connectivity index (χ3v) is 3.34. The largest absolute Gasteiger partial charge is 0.497 e. The SMILES string of the molecule is COc1cc(OC)cc(C(C)(O)c2cc(F)cc(F)c2)c1. The van der Waals surface area contributed by atoms with Crippen molar-refractivity contribution in [1.29, 1.82) is 0 Å². The number of aliphatic hydroxyl groups is 1. The van der Waals surface area contributed by atoms with Crippen LogP contribution in [0.3, 0.4) is 0 Å². The van der Waals surface area contributed by atoms with Crippen LogP contribution < -0.4 is 9.47 Å². The molecule has 3 nitrogen and oxygen atoms in total. The van der Waals surface area contributed by atoms with Crippen LogP contribution in [0.2, 0.25) is 0 Å². The molecular formula is C16H16F2O3. The molecular weight excluding hydrogens is 278 g/mol. The van der Waals surface area contributed by atoms with Crippen LogP contribution in [-0.2, 0) is 5.60 Å². The highest BCUT2D eigenvalue weighted by molar-refractivity contribution is 5.45. The van der Waals surface area contributed by atoms with Gasteiger partial charge in [0.1, 0.15) is 28.7 Å². The van der Waals surface area contributed by atoms with E-state index in [4.69, 9.17) is 9.47 Å². The lowest BCUT2D eigenvalue weighted by atomic mass is 9.88. The Morgan fingerprint density at radius 2 is 1.24 bits per heavy atom. The number of methoxy groups -OCH3 is 2. The Morgan fingerprint density at radius 1 is 0.810 bits per heavy atom. The Morgan fingerprint density at radius 3 is 1.67 bits per heavy atom. The maximum absolute atomic E-state index is 13.4. The van der Waals surface area contributed by atoms with Crippen LogP contribution in [0.25, 0.3) is 0 Å². The normalized spacial score (nSPS) is 13.6. The van der Waals surface area contributed by atoms with Gasteiger partial charge in [-0.05, 0) is 42.3 Å². The van der Waals surface area contributed by atoms with Crippen LogP contribution in [0.4, 0.5) is 8.78 Å². The quantitative estimate of drug-likeness (QED) is 0.941. The molecule has 0 radical (unpaired) electrons. The van der Waals surface area contributed by atoms with Gasteiger partial charge in [-0.15, -0.1) is 0 Å². The van der Waals surface area contributed by atoms with Gasteiger partial charge in [0.25, 0.3) is 0 Å². The molecule has 0 aliphatic carbocycles. The van der Waals surface area contributed by atoms with E-state index in [2.05, 4.69) is 0 Å². The minimum atomic E-state index is -1.59. The lowest BCUT2D eigenvalue weighted by molar-refractivity contribution is 0.101. The summed E-state index contributed by atoms with van der Waals surface area (Å²) in [5, 5.41) is 10.7. The highest BCUT2D eigenvalue weighted by Gasteiger charge is 2.28. The van der Waals surface area contributed by atoms with Gasteiger partial charge in [0, 0.05) is 12.1 Å². The average molecular weight is 294 g/mol. The van der Waals surface area contributed by atoms with Gasteiger partial charge in [0.15, 0.2) is 0 Å². The number of halogens is 2. The standard InChI is InChI=1S/C16H16F2O3/c1-16(19,10-4-12(17)8-13(18)5-10)11-6-14(20-2)9-15(7-11)21-3/h4-9,19H,1-3H3. The monoisotopic (exact) mass is 294 g/mol. The van der Waals surface area contributed by atoms with Crippen molar-refractivity contribution in [1.82, 2.24) is 0 Å². The maximum Gasteiger partial charge on any atom is 0.126 e. The first-order valence-electron chi connectivity index (χ1n) is 6.29. The number of benzene rings is 2. The summed E-state index contributed by atoms with van der Waals surface area (Å²) in [5.41, 5.74) is -1.08. The maximum atomic E-state index is 13.4. The minimum absolute atomic E-state index is 0.107. The molecule has 0 spiro atoms. The Kier molecular flexibility index (Phi) is 4.14. The van der Waals surface area contributed by atoms with Crippen LogP contribution in [0.15, 0.2) is 36.4 Å². The number of hydrogen-bond acceptors (Lipinski definition) is 3. The second-order valence-electron chi connectivity index (χ2n) is 4.83. The molecule has 2 aromatic rings. The van der Waals surface area contributed by atoms with E-state index in [1.54, 1.807) is 18.2 Å². The molecule has 0 aromatic heterocycles. The zero-order valence-electron chi connectivity index (χ0n) is 12.0. The van der Waals surface area contributed by atoms with Crippen molar-refractivity contribution in [2.75, 3.05) is 14.2 Å². The topological polar surface area (TPSA) is 38.7 Å². The fourth-order valence-electron chi connectivity index (χ4n) is 2.09. The van der Waals surface area contributed by atoms with Crippen molar-refractivity contribution in [2.45, 2.75) is 12.5 Å². The summed E-state index contributed by atoms with van der Waals surface area (Å²) in [6.45, 7) is 1.45. The molecule has 2 rings (SSSR count). The number of ether oxygens (including phenoxy) is 2. The van der Waals surface area contributed by atoms with Crippen molar-refractivity contribution >= 4 is 0 Å². The molecule has 0 saturated carbocycles. The van der Waals surface area contributed by atoms with Gasteiger partial charge in [-0.1, -0.05) is 0 Å². The van der Waals surface area contributed by atoms with E-state index in [1.807, 2.05) is 0 Å². The van der Waals surface area contributed by atoms with E-state index >= 15 is 0 Å². The first kappa shape index (κ1) is 15.3. The average Bonchev–Trinajstić information content (AvgIpc) is 2.45. The van der Waals surface area contributed by atoms with Crippen LogP contribution in [0.5, 0.6) is 11.5 Å². The van der Waals surface area contributed by atoms with Crippen LogP contribution in [-0.4, -0.2) is 19.3 Å². The fraction of sp³-hybridized carbons (Fsp3) is 0.250. The third-order valence-electron chi connectivity index (χ3n) is 3.34. The molecule has 0 heterocycles. The smallest absolute Gasteiger partial charge is 0.126 e. The second-order valence-corrected chi connectivity index (χ2v) is 4.83. The molecule has 0 aliphatic rings. The second kappa shape index (κ2) is 5.69. The van der Waals surface area contributed by atoms with Gasteiger partial charge in [-0.25, -0.2) is 8.78 Å². The van der Waals surface area contributed by atoms with Crippen molar-refractivity contribution in [3.8, 4) is 11.5 Å². The van der Waals surface area contributed by atoms with Gasteiger partial charge in [0.2, 0.25) is 0 Å². The molecule has 1 N–H and O–H groups in total. The Balaban J connectivity index is 2.56. The summed E-state index contributed by atoms with van der Waals surface area (Å²) in [5.74, 6) is -0.553. The van der Waals surface area contributed by atoms with E-state index in [0.29, 0.717) is 17.1 Å².